The fourth-order valence-corrected chi connectivity index (χ4v) is 2.18. The summed E-state index contributed by atoms with van der Waals surface area (Å²) < 4.78 is 5.66. The second kappa shape index (κ2) is 8.15. The standard InChI is InChI=1S/C19H21NO4/c1-13(2)17(19(22)23)20-18(21)15-8-10-16(11-9-15)24-12-14-6-4-3-5-7-14/h3-11,13,17H,12H2,1-2H3,(H,20,21)(H,22,23)/t17-/m1/s1. The summed E-state index contributed by atoms with van der Waals surface area (Å²) in [5.74, 6) is -0.999. The first-order valence-electron chi connectivity index (χ1n) is 7.78. The molecule has 5 heteroatoms. The molecule has 0 fully saturated rings. The lowest BCUT2D eigenvalue weighted by Crippen LogP contribution is -2.44. The SMILES string of the molecule is CC(C)[C@@H](NC(=O)c1ccc(OCc2ccccc2)cc1)C(=O)O. The van der Waals surface area contributed by atoms with Crippen molar-refractivity contribution >= 4 is 11.9 Å². The molecule has 2 aromatic rings. The molecule has 0 aliphatic rings. The summed E-state index contributed by atoms with van der Waals surface area (Å²) >= 11 is 0. The Kier molecular flexibility index (Phi) is 5.95. The summed E-state index contributed by atoms with van der Waals surface area (Å²) in [4.78, 5) is 23.3. The fourth-order valence-electron chi connectivity index (χ4n) is 2.18. The predicted octanol–water partition coefficient (Wildman–Crippen LogP) is 3.10. The summed E-state index contributed by atoms with van der Waals surface area (Å²) in [6.07, 6.45) is 0. The van der Waals surface area contributed by atoms with Gasteiger partial charge in [0.05, 0.1) is 0 Å². The number of benzene rings is 2. The molecule has 2 aromatic carbocycles. The highest BCUT2D eigenvalue weighted by Gasteiger charge is 2.23. The van der Waals surface area contributed by atoms with E-state index in [-0.39, 0.29) is 5.92 Å². The summed E-state index contributed by atoms with van der Waals surface area (Å²) in [6, 6.07) is 15.5. The topological polar surface area (TPSA) is 75.6 Å². The van der Waals surface area contributed by atoms with Crippen LogP contribution in [0, 0.1) is 5.92 Å². The van der Waals surface area contributed by atoms with Crippen LogP contribution in [0.3, 0.4) is 0 Å². The molecule has 0 aliphatic heterocycles. The molecule has 5 nitrogen and oxygen atoms in total. The second-order valence-electron chi connectivity index (χ2n) is 5.83. The van der Waals surface area contributed by atoms with Gasteiger partial charge in [-0.1, -0.05) is 44.2 Å². The third kappa shape index (κ3) is 4.84. The molecule has 1 atom stereocenters. The highest BCUT2D eigenvalue weighted by molar-refractivity contribution is 5.96. The molecule has 2 N–H and O–H groups in total. The Balaban J connectivity index is 1.95. The highest BCUT2D eigenvalue weighted by Crippen LogP contribution is 2.15. The molecular formula is C19H21NO4. The lowest BCUT2D eigenvalue weighted by atomic mass is 10.0. The van der Waals surface area contributed by atoms with Crippen LogP contribution in [-0.2, 0) is 11.4 Å². The first-order chi connectivity index (χ1) is 11.5. The number of ether oxygens (including phenoxy) is 1. The number of carboxylic acid groups (broad SMARTS) is 1. The molecule has 2 rings (SSSR count). The summed E-state index contributed by atoms with van der Waals surface area (Å²) in [5, 5.41) is 11.7. The number of aliphatic carboxylic acids is 1. The predicted molar refractivity (Wildman–Crippen MR) is 90.9 cm³/mol. The number of hydrogen-bond donors (Lipinski definition) is 2. The molecular weight excluding hydrogens is 306 g/mol. The Morgan fingerprint density at radius 2 is 1.67 bits per heavy atom. The first kappa shape index (κ1) is 17.5. The van der Waals surface area contributed by atoms with Gasteiger partial charge in [0.25, 0.3) is 5.91 Å². The van der Waals surface area contributed by atoms with Crippen LogP contribution < -0.4 is 10.1 Å². The van der Waals surface area contributed by atoms with Gasteiger partial charge in [-0.25, -0.2) is 4.79 Å². The molecule has 0 saturated heterocycles. The van der Waals surface area contributed by atoms with Crippen molar-refractivity contribution < 1.29 is 19.4 Å². The van der Waals surface area contributed by atoms with E-state index < -0.39 is 17.9 Å². The number of carbonyl (C=O) groups excluding carboxylic acids is 1. The van der Waals surface area contributed by atoms with Gasteiger partial charge in [-0.15, -0.1) is 0 Å². The number of hydrogen-bond acceptors (Lipinski definition) is 3. The number of carboxylic acids is 1. The maximum atomic E-state index is 12.1. The van der Waals surface area contributed by atoms with Crippen LogP contribution in [-0.4, -0.2) is 23.0 Å². The van der Waals surface area contributed by atoms with E-state index in [4.69, 9.17) is 9.84 Å². The maximum absolute atomic E-state index is 12.1. The van der Waals surface area contributed by atoms with Crippen molar-refractivity contribution in [3.8, 4) is 5.75 Å². The van der Waals surface area contributed by atoms with Gasteiger partial charge >= 0.3 is 5.97 Å². The van der Waals surface area contributed by atoms with E-state index >= 15 is 0 Å². The zero-order valence-electron chi connectivity index (χ0n) is 13.7. The van der Waals surface area contributed by atoms with Crippen molar-refractivity contribution in [2.75, 3.05) is 0 Å². The number of amides is 1. The lowest BCUT2D eigenvalue weighted by molar-refractivity contribution is -0.140. The van der Waals surface area contributed by atoms with Gasteiger partial charge in [0.15, 0.2) is 0 Å². The minimum Gasteiger partial charge on any atom is -0.489 e. The maximum Gasteiger partial charge on any atom is 0.326 e. The number of carbonyl (C=O) groups is 2. The highest BCUT2D eigenvalue weighted by atomic mass is 16.5. The average Bonchev–Trinajstić information content (AvgIpc) is 2.58. The van der Waals surface area contributed by atoms with Gasteiger partial charge in [-0.2, -0.15) is 0 Å². The van der Waals surface area contributed by atoms with Gasteiger partial charge < -0.3 is 15.2 Å². The Morgan fingerprint density at radius 1 is 1.04 bits per heavy atom. The van der Waals surface area contributed by atoms with Crippen molar-refractivity contribution in [1.29, 1.82) is 0 Å². The Labute approximate surface area is 141 Å². The molecule has 24 heavy (non-hydrogen) atoms. The van der Waals surface area contributed by atoms with Gasteiger partial charge in [-0.05, 0) is 35.7 Å². The fraction of sp³-hybridized carbons (Fsp3) is 0.263. The van der Waals surface area contributed by atoms with Gasteiger partial charge in [0.1, 0.15) is 18.4 Å². The van der Waals surface area contributed by atoms with Crippen LogP contribution in [0.5, 0.6) is 5.75 Å². The van der Waals surface area contributed by atoms with Crippen LogP contribution in [0.1, 0.15) is 29.8 Å². The third-order valence-corrected chi connectivity index (χ3v) is 3.58. The summed E-state index contributed by atoms with van der Waals surface area (Å²) in [5.41, 5.74) is 1.45. The number of rotatable bonds is 7. The van der Waals surface area contributed by atoms with E-state index in [2.05, 4.69) is 5.32 Å². The molecule has 0 bridgehead atoms. The van der Waals surface area contributed by atoms with Crippen molar-refractivity contribution in [2.24, 2.45) is 5.92 Å². The molecule has 126 valence electrons. The summed E-state index contributed by atoms with van der Waals surface area (Å²) in [6.45, 7) is 3.94. The molecule has 0 heterocycles. The quantitative estimate of drug-likeness (QED) is 0.819. The Morgan fingerprint density at radius 3 is 2.21 bits per heavy atom. The number of nitrogens with one attached hydrogen (secondary N) is 1. The Bertz CT molecular complexity index is 680. The van der Waals surface area contributed by atoms with Crippen molar-refractivity contribution in [2.45, 2.75) is 26.5 Å². The van der Waals surface area contributed by atoms with Crippen LogP contribution in [0.4, 0.5) is 0 Å². The van der Waals surface area contributed by atoms with Crippen molar-refractivity contribution in [1.82, 2.24) is 5.32 Å². The van der Waals surface area contributed by atoms with Gasteiger partial charge in [-0.3, -0.25) is 4.79 Å². The summed E-state index contributed by atoms with van der Waals surface area (Å²) in [7, 11) is 0. The minimum atomic E-state index is -1.04. The molecule has 0 spiro atoms. The largest absolute Gasteiger partial charge is 0.489 e. The van der Waals surface area contributed by atoms with Crippen LogP contribution in [0.25, 0.3) is 0 Å². The molecule has 0 saturated carbocycles. The molecule has 1 amide bonds. The van der Waals surface area contributed by atoms with E-state index in [1.54, 1.807) is 38.1 Å². The van der Waals surface area contributed by atoms with Crippen LogP contribution >= 0.6 is 0 Å². The molecule has 0 aliphatic carbocycles. The minimum absolute atomic E-state index is 0.195. The van der Waals surface area contributed by atoms with Crippen LogP contribution in [0.2, 0.25) is 0 Å². The van der Waals surface area contributed by atoms with E-state index in [0.29, 0.717) is 17.9 Å². The van der Waals surface area contributed by atoms with Crippen LogP contribution in [0.15, 0.2) is 54.6 Å². The van der Waals surface area contributed by atoms with Crippen molar-refractivity contribution in [3.63, 3.8) is 0 Å². The Hall–Kier alpha value is -2.82. The second-order valence-corrected chi connectivity index (χ2v) is 5.83. The van der Waals surface area contributed by atoms with E-state index in [1.165, 1.54) is 0 Å². The normalized spacial score (nSPS) is 11.8. The third-order valence-electron chi connectivity index (χ3n) is 3.58. The van der Waals surface area contributed by atoms with Crippen molar-refractivity contribution in [3.05, 3.63) is 65.7 Å². The van der Waals surface area contributed by atoms with Gasteiger partial charge in [0.2, 0.25) is 0 Å². The first-order valence-corrected chi connectivity index (χ1v) is 7.78. The average molecular weight is 327 g/mol. The zero-order valence-corrected chi connectivity index (χ0v) is 13.7. The molecule has 0 aromatic heterocycles. The zero-order chi connectivity index (χ0) is 17.5. The van der Waals surface area contributed by atoms with E-state index in [1.807, 2.05) is 30.3 Å². The smallest absolute Gasteiger partial charge is 0.326 e. The van der Waals surface area contributed by atoms with E-state index in [0.717, 1.165) is 5.56 Å². The monoisotopic (exact) mass is 327 g/mol. The van der Waals surface area contributed by atoms with E-state index in [9.17, 15) is 9.59 Å². The molecule has 0 unspecified atom stereocenters. The molecule has 0 radical (unpaired) electrons. The lowest BCUT2D eigenvalue weighted by Gasteiger charge is -2.18. The van der Waals surface area contributed by atoms with Gasteiger partial charge in [0, 0.05) is 5.56 Å².